The van der Waals surface area contributed by atoms with Gasteiger partial charge in [0.25, 0.3) is 5.91 Å². The zero-order chi connectivity index (χ0) is 19.6. The van der Waals surface area contributed by atoms with Gasteiger partial charge in [0.15, 0.2) is 0 Å². The van der Waals surface area contributed by atoms with Gasteiger partial charge in [0, 0.05) is 24.6 Å². The first-order valence-corrected chi connectivity index (χ1v) is 8.63. The van der Waals surface area contributed by atoms with E-state index in [1.807, 2.05) is 62.4 Å². The molecule has 0 aromatic heterocycles. The Morgan fingerprint density at radius 2 is 1.56 bits per heavy atom. The summed E-state index contributed by atoms with van der Waals surface area (Å²) in [6.07, 6.45) is 2.95. The van der Waals surface area contributed by atoms with Crippen LogP contribution in [0.4, 0.5) is 5.69 Å². The number of nitrogens with one attached hydrogen (secondary N) is 3. The molecule has 2 aromatic rings. The van der Waals surface area contributed by atoms with Crippen LogP contribution in [-0.4, -0.2) is 17.7 Å². The van der Waals surface area contributed by atoms with Crippen LogP contribution in [0, 0.1) is 13.8 Å². The van der Waals surface area contributed by atoms with E-state index in [2.05, 4.69) is 16.2 Å². The molecule has 0 fully saturated rings. The van der Waals surface area contributed by atoms with E-state index in [0.717, 1.165) is 16.7 Å². The van der Waals surface area contributed by atoms with Gasteiger partial charge in [0.2, 0.25) is 11.8 Å². The minimum atomic E-state index is -0.452. The highest BCUT2D eigenvalue weighted by Crippen LogP contribution is 2.14. The molecule has 3 amide bonds. The molecule has 27 heavy (non-hydrogen) atoms. The van der Waals surface area contributed by atoms with Crippen molar-refractivity contribution in [2.24, 2.45) is 0 Å². The fourth-order valence-corrected chi connectivity index (χ4v) is 2.24. The van der Waals surface area contributed by atoms with Gasteiger partial charge in [-0.1, -0.05) is 36.4 Å². The smallest absolute Gasteiger partial charge is 0.262 e. The largest absolute Gasteiger partial charge is 0.326 e. The van der Waals surface area contributed by atoms with Crippen LogP contribution in [0.3, 0.4) is 0 Å². The summed E-state index contributed by atoms with van der Waals surface area (Å²) in [4.78, 5) is 35.3. The number of hydrogen-bond donors (Lipinski definition) is 3. The zero-order valence-electron chi connectivity index (χ0n) is 15.4. The normalized spacial score (nSPS) is 10.4. The lowest BCUT2D eigenvalue weighted by atomic mass is 10.1. The van der Waals surface area contributed by atoms with Gasteiger partial charge in [-0.15, -0.1) is 0 Å². The van der Waals surface area contributed by atoms with E-state index in [1.54, 1.807) is 6.08 Å². The molecule has 0 aliphatic carbocycles. The molecule has 0 spiro atoms. The first-order chi connectivity index (χ1) is 12.9. The highest BCUT2D eigenvalue weighted by Gasteiger charge is 2.08. The first kappa shape index (κ1) is 19.9. The minimum absolute atomic E-state index is 0.0223. The Balaban J connectivity index is 1.69. The Bertz CT molecular complexity index is 845. The third-order valence-corrected chi connectivity index (χ3v) is 3.92. The topological polar surface area (TPSA) is 87.3 Å². The standard InChI is InChI=1S/C21H23N3O3/c1-15-8-10-18(14-16(15)2)22-19(25)12-13-21(27)24-23-20(26)11-9-17-6-4-3-5-7-17/h3-11,14H,12-13H2,1-2H3,(H,22,25)(H,23,26)(H,24,27)/b11-9+. The summed E-state index contributed by atoms with van der Waals surface area (Å²) in [5, 5.41) is 2.75. The molecule has 0 heterocycles. The second-order valence-corrected chi connectivity index (χ2v) is 6.13. The van der Waals surface area contributed by atoms with Gasteiger partial charge in [-0.05, 0) is 48.7 Å². The molecule has 2 aromatic carbocycles. The van der Waals surface area contributed by atoms with Crippen LogP contribution in [-0.2, 0) is 14.4 Å². The quantitative estimate of drug-likeness (QED) is 0.543. The molecular weight excluding hydrogens is 342 g/mol. The number of hydrazine groups is 1. The number of amides is 3. The number of benzene rings is 2. The lowest BCUT2D eigenvalue weighted by Crippen LogP contribution is -2.41. The molecule has 6 heteroatoms. The van der Waals surface area contributed by atoms with Gasteiger partial charge in [0.05, 0.1) is 0 Å². The average Bonchev–Trinajstić information content (AvgIpc) is 2.67. The number of rotatable bonds is 6. The fraction of sp³-hybridized carbons (Fsp3) is 0.190. The number of hydrogen-bond acceptors (Lipinski definition) is 3. The van der Waals surface area contributed by atoms with Crippen molar-refractivity contribution in [1.29, 1.82) is 0 Å². The molecule has 0 atom stereocenters. The monoisotopic (exact) mass is 365 g/mol. The molecule has 0 saturated carbocycles. The fourth-order valence-electron chi connectivity index (χ4n) is 2.24. The Morgan fingerprint density at radius 1 is 0.852 bits per heavy atom. The van der Waals surface area contributed by atoms with E-state index in [9.17, 15) is 14.4 Å². The predicted octanol–water partition coefficient (Wildman–Crippen LogP) is 2.88. The van der Waals surface area contributed by atoms with Gasteiger partial charge >= 0.3 is 0 Å². The van der Waals surface area contributed by atoms with Gasteiger partial charge in [-0.25, -0.2) is 0 Å². The number of aryl methyl sites for hydroxylation is 2. The molecule has 0 radical (unpaired) electrons. The van der Waals surface area contributed by atoms with Crippen LogP contribution in [0.5, 0.6) is 0 Å². The van der Waals surface area contributed by atoms with Crippen molar-refractivity contribution in [1.82, 2.24) is 10.9 Å². The van der Waals surface area contributed by atoms with Gasteiger partial charge in [-0.3, -0.25) is 25.2 Å². The minimum Gasteiger partial charge on any atom is -0.326 e. The summed E-state index contributed by atoms with van der Waals surface area (Å²) < 4.78 is 0. The summed E-state index contributed by atoms with van der Waals surface area (Å²) in [6.45, 7) is 3.96. The molecule has 0 saturated heterocycles. The van der Waals surface area contributed by atoms with E-state index in [4.69, 9.17) is 0 Å². The lowest BCUT2D eigenvalue weighted by Gasteiger charge is -2.08. The van der Waals surface area contributed by atoms with Crippen molar-refractivity contribution in [2.45, 2.75) is 26.7 Å². The van der Waals surface area contributed by atoms with E-state index in [1.165, 1.54) is 6.08 Å². The van der Waals surface area contributed by atoms with Crippen LogP contribution < -0.4 is 16.2 Å². The van der Waals surface area contributed by atoms with Crippen molar-refractivity contribution in [2.75, 3.05) is 5.32 Å². The van der Waals surface area contributed by atoms with Crippen molar-refractivity contribution in [3.8, 4) is 0 Å². The Kier molecular flexibility index (Phi) is 7.31. The summed E-state index contributed by atoms with van der Waals surface area (Å²) in [7, 11) is 0. The molecule has 2 rings (SSSR count). The molecule has 0 aliphatic heterocycles. The maximum Gasteiger partial charge on any atom is 0.262 e. The summed E-state index contributed by atoms with van der Waals surface area (Å²) in [5.41, 5.74) is 8.36. The molecule has 6 nitrogen and oxygen atoms in total. The van der Waals surface area contributed by atoms with E-state index >= 15 is 0 Å². The van der Waals surface area contributed by atoms with Crippen LogP contribution in [0.2, 0.25) is 0 Å². The molecule has 0 bridgehead atoms. The SMILES string of the molecule is Cc1ccc(NC(=O)CCC(=O)NNC(=O)/C=C/c2ccccc2)cc1C. The van der Waals surface area contributed by atoms with Crippen molar-refractivity contribution < 1.29 is 14.4 Å². The van der Waals surface area contributed by atoms with Crippen molar-refractivity contribution in [3.05, 3.63) is 71.3 Å². The first-order valence-electron chi connectivity index (χ1n) is 8.63. The Labute approximate surface area is 158 Å². The maximum atomic E-state index is 11.9. The van der Waals surface area contributed by atoms with Crippen LogP contribution >= 0.6 is 0 Å². The molecule has 0 unspecified atom stereocenters. The Hall–Kier alpha value is -3.41. The van der Waals surface area contributed by atoms with Crippen LogP contribution in [0.25, 0.3) is 6.08 Å². The predicted molar refractivity (Wildman–Crippen MR) is 106 cm³/mol. The summed E-state index contributed by atoms with van der Waals surface area (Å²) >= 11 is 0. The Morgan fingerprint density at radius 3 is 2.26 bits per heavy atom. The maximum absolute atomic E-state index is 11.9. The van der Waals surface area contributed by atoms with E-state index in [0.29, 0.717) is 5.69 Å². The highest BCUT2D eigenvalue weighted by atomic mass is 16.2. The highest BCUT2D eigenvalue weighted by molar-refractivity contribution is 5.95. The average molecular weight is 365 g/mol. The number of anilines is 1. The summed E-state index contributed by atoms with van der Waals surface area (Å²) in [6, 6.07) is 15.0. The number of carbonyl (C=O) groups excluding carboxylic acids is 3. The van der Waals surface area contributed by atoms with Gasteiger partial charge in [-0.2, -0.15) is 0 Å². The number of carbonyl (C=O) groups is 3. The molecule has 0 aliphatic rings. The second kappa shape index (κ2) is 9.91. The van der Waals surface area contributed by atoms with Gasteiger partial charge < -0.3 is 5.32 Å². The second-order valence-electron chi connectivity index (χ2n) is 6.13. The lowest BCUT2D eigenvalue weighted by molar-refractivity contribution is -0.128. The molecule has 3 N–H and O–H groups in total. The van der Waals surface area contributed by atoms with Gasteiger partial charge in [0.1, 0.15) is 0 Å². The molecular formula is C21H23N3O3. The van der Waals surface area contributed by atoms with Crippen molar-refractivity contribution >= 4 is 29.5 Å². The third-order valence-electron chi connectivity index (χ3n) is 3.92. The van der Waals surface area contributed by atoms with Crippen LogP contribution in [0.1, 0.15) is 29.5 Å². The molecule has 140 valence electrons. The van der Waals surface area contributed by atoms with E-state index in [-0.39, 0.29) is 18.7 Å². The zero-order valence-corrected chi connectivity index (χ0v) is 15.4. The summed E-state index contributed by atoms with van der Waals surface area (Å²) in [5.74, 6) is -1.15. The third kappa shape index (κ3) is 7.15. The van der Waals surface area contributed by atoms with Crippen LogP contribution in [0.15, 0.2) is 54.6 Å². The van der Waals surface area contributed by atoms with E-state index < -0.39 is 11.8 Å². The van der Waals surface area contributed by atoms with Crippen molar-refractivity contribution in [3.63, 3.8) is 0 Å².